The molecule has 0 amide bonds. The molecular weight excluding hydrogens is 192 g/mol. The zero-order valence-corrected chi connectivity index (χ0v) is 9.93. The Balaban J connectivity index is 1.73. The molecule has 0 bridgehead atoms. The Bertz CT molecular complexity index is 182. The van der Waals surface area contributed by atoms with E-state index in [1.165, 1.54) is 43.7 Å². The zero-order valence-electron chi connectivity index (χ0n) is 9.11. The second kappa shape index (κ2) is 4.86. The average Bonchev–Trinajstić information content (AvgIpc) is 2.98. The van der Waals surface area contributed by atoms with Gasteiger partial charge < -0.3 is 10.6 Å². The van der Waals surface area contributed by atoms with Crippen LogP contribution < -0.4 is 5.73 Å². The van der Waals surface area contributed by atoms with E-state index in [2.05, 4.69) is 23.7 Å². The third-order valence-corrected chi connectivity index (χ3v) is 4.59. The third-order valence-electron chi connectivity index (χ3n) is 3.54. The van der Waals surface area contributed by atoms with Gasteiger partial charge in [-0.3, -0.25) is 0 Å². The molecule has 1 saturated carbocycles. The lowest BCUT2D eigenvalue weighted by Gasteiger charge is -2.36. The van der Waals surface area contributed by atoms with E-state index in [0.717, 1.165) is 5.92 Å². The fourth-order valence-electron chi connectivity index (χ4n) is 2.18. The molecule has 2 fully saturated rings. The summed E-state index contributed by atoms with van der Waals surface area (Å²) in [5, 5.41) is 0. The second-order valence-electron chi connectivity index (χ2n) is 4.81. The van der Waals surface area contributed by atoms with Gasteiger partial charge in [0.15, 0.2) is 0 Å². The standard InChI is InChI=1S/C11H22N2S/c1-13-6-7-14-8-11(13)10(12)5-4-9-2-3-9/h9-11H,2-8,12H2,1H3. The molecule has 2 N–H and O–H groups in total. The number of hydrogen-bond donors (Lipinski definition) is 1. The van der Waals surface area contributed by atoms with Crippen LogP contribution in [0.3, 0.4) is 0 Å². The Morgan fingerprint density at radius 2 is 2.29 bits per heavy atom. The van der Waals surface area contributed by atoms with Crippen molar-refractivity contribution in [3.05, 3.63) is 0 Å². The summed E-state index contributed by atoms with van der Waals surface area (Å²) in [7, 11) is 2.22. The van der Waals surface area contributed by atoms with Gasteiger partial charge in [0, 0.05) is 30.1 Å². The van der Waals surface area contributed by atoms with E-state index in [-0.39, 0.29) is 0 Å². The van der Waals surface area contributed by atoms with Crippen molar-refractivity contribution in [3.63, 3.8) is 0 Å². The summed E-state index contributed by atoms with van der Waals surface area (Å²) in [4.78, 5) is 2.45. The largest absolute Gasteiger partial charge is 0.326 e. The van der Waals surface area contributed by atoms with Gasteiger partial charge in [-0.1, -0.05) is 12.8 Å². The maximum atomic E-state index is 6.26. The molecule has 0 spiro atoms. The van der Waals surface area contributed by atoms with E-state index in [4.69, 9.17) is 5.73 Å². The first-order valence-corrected chi connectivity index (χ1v) is 6.96. The van der Waals surface area contributed by atoms with Crippen LogP contribution in [-0.4, -0.2) is 42.1 Å². The smallest absolute Gasteiger partial charge is 0.0335 e. The molecule has 2 unspecified atom stereocenters. The molecule has 0 aromatic heterocycles. The van der Waals surface area contributed by atoms with Crippen LogP contribution in [0.15, 0.2) is 0 Å². The van der Waals surface area contributed by atoms with Crippen LogP contribution in [0.4, 0.5) is 0 Å². The van der Waals surface area contributed by atoms with E-state index in [0.29, 0.717) is 12.1 Å². The van der Waals surface area contributed by atoms with Crippen LogP contribution in [0.25, 0.3) is 0 Å². The highest BCUT2D eigenvalue weighted by Crippen LogP contribution is 2.34. The van der Waals surface area contributed by atoms with Crippen molar-refractivity contribution in [1.29, 1.82) is 0 Å². The lowest BCUT2D eigenvalue weighted by molar-refractivity contribution is 0.228. The molecule has 0 aromatic carbocycles. The van der Waals surface area contributed by atoms with Crippen LogP contribution in [-0.2, 0) is 0 Å². The molecule has 1 heterocycles. The molecule has 2 nitrogen and oxygen atoms in total. The quantitative estimate of drug-likeness (QED) is 0.770. The molecule has 82 valence electrons. The van der Waals surface area contributed by atoms with Crippen molar-refractivity contribution in [3.8, 4) is 0 Å². The SMILES string of the molecule is CN1CCSCC1C(N)CCC1CC1. The summed E-state index contributed by atoms with van der Waals surface area (Å²) < 4.78 is 0. The summed E-state index contributed by atoms with van der Waals surface area (Å²) in [5.41, 5.74) is 6.26. The predicted molar refractivity (Wildman–Crippen MR) is 63.7 cm³/mol. The van der Waals surface area contributed by atoms with Gasteiger partial charge >= 0.3 is 0 Å². The van der Waals surface area contributed by atoms with Crippen LogP contribution in [0.1, 0.15) is 25.7 Å². The van der Waals surface area contributed by atoms with Crippen LogP contribution >= 0.6 is 11.8 Å². The topological polar surface area (TPSA) is 29.3 Å². The maximum Gasteiger partial charge on any atom is 0.0335 e. The number of nitrogens with two attached hydrogens (primary N) is 1. The highest BCUT2D eigenvalue weighted by Gasteiger charge is 2.27. The third kappa shape index (κ3) is 2.88. The maximum absolute atomic E-state index is 6.26. The van der Waals surface area contributed by atoms with Crippen LogP contribution in [0.5, 0.6) is 0 Å². The Morgan fingerprint density at radius 3 is 2.93 bits per heavy atom. The van der Waals surface area contributed by atoms with E-state index >= 15 is 0 Å². The first kappa shape index (κ1) is 10.8. The molecule has 2 atom stereocenters. The van der Waals surface area contributed by atoms with Crippen molar-refractivity contribution in [2.24, 2.45) is 11.7 Å². The van der Waals surface area contributed by atoms with Crippen molar-refractivity contribution in [1.82, 2.24) is 4.90 Å². The minimum Gasteiger partial charge on any atom is -0.326 e. The minimum atomic E-state index is 0.411. The second-order valence-corrected chi connectivity index (χ2v) is 5.96. The van der Waals surface area contributed by atoms with Gasteiger partial charge in [0.1, 0.15) is 0 Å². The average molecular weight is 214 g/mol. The van der Waals surface area contributed by atoms with E-state index < -0.39 is 0 Å². The van der Waals surface area contributed by atoms with Crippen molar-refractivity contribution in [2.75, 3.05) is 25.1 Å². The number of thioether (sulfide) groups is 1. The van der Waals surface area contributed by atoms with Crippen molar-refractivity contribution >= 4 is 11.8 Å². The van der Waals surface area contributed by atoms with Crippen LogP contribution in [0.2, 0.25) is 0 Å². The molecule has 2 aliphatic rings. The molecule has 1 aliphatic carbocycles. The zero-order chi connectivity index (χ0) is 9.97. The number of nitrogens with zero attached hydrogens (tertiary/aromatic N) is 1. The van der Waals surface area contributed by atoms with E-state index in [1.807, 2.05) is 0 Å². The molecule has 0 aromatic rings. The van der Waals surface area contributed by atoms with E-state index in [9.17, 15) is 0 Å². The first-order chi connectivity index (χ1) is 6.77. The van der Waals surface area contributed by atoms with Crippen molar-refractivity contribution < 1.29 is 0 Å². The van der Waals surface area contributed by atoms with Gasteiger partial charge in [0.25, 0.3) is 0 Å². The Labute approximate surface area is 91.6 Å². The predicted octanol–water partition coefficient (Wildman–Crippen LogP) is 1.55. The molecular formula is C11H22N2S. The normalized spacial score (nSPS) is 31.7. The minimum absolute atomic E-state index is 0.411. The molecule has 1 saturated heterocycles. The fraction of sp³-hybridized carbons (Fsp3) is 1.00. The Kier molecular flexibility index (Phi) is 3.74. The molecule has 0 radical (unpaired) electrons. The number of rotatable bonds is 4. The van der Waals surface area contributed by atoms with Gasteiger partial charge in [0.05, 0.1) is 0 Å². The highest BCUT2D eigenvalue weighted by molar-refractivity contribution is 7.99. The van der Waals surface area contributed by atoms with Gasteiger partial charge in [-0.05, 0) is 25.8 Å². The Morgan fingerprint density at radius 1 is 1.50 bits per heavy atom. The summed E-state index contributed by atoms with van der Waals surface area (Å²) in [6.07, 6.45) is 5.53. The molecule has 3 heteroatoms. The fourth-order valence-corrected chi connectivity index (χ4v) is 3.51. The number of likely N-dealkylation sites (N-methyl/N-ethyl adjacent to an activating group) is 1. The molecule has 1 aliphatic heterocycles. The first-order valence-electron chi connectivity index (χ1n) is 5.81. The highest BCUT2D eigenvalue weighted by atomic mass is 32.2. The number of hydrogen-bond acceptors (Lipinski definition) is 3. The molecule has 14 heavy (non-hydrogen) atoms. The van der Waals surface area contributed by atoms with Gasteiger partial charge in [-0.15, -0.1) is 0 Å². The summed E-state index contributed by atoms with van der Waals surface area (Å²) in [6, 6.07) is 1.04. The van der Waals surface area contributed by atoms with E-state index in [1.54, 1.807) is 0 Å². The lowest BCUT2D eigenvalue weighted by atomic mass is 10.0. The lowest BCUT2D eigenvalue weighted by Crippen LogP contribution is -2.50. The monoisotopic (exact) mass is 214 g/mol. The summed E-state index contributed by atoms with van der Waals surface area (Å²) in [5.74, 6) is 3.55. The summed E-state index contributed by atoms with van der Waals surface area (Å²) >= 11 is 2.06. The van der Waals surface area contributed by atoms with Gasteiger partial charge in [-0.2, -0.15) is 11.8 Å². The van der Waals surface area contributed by atoms with Gasteiger partial charge in [-0.25, -0.2) is 0 Å². The summed E-state index contributed by atoms with van der Waals surface area (Å²) in [6.45, 7) is 1.21. The van der Waals surface area contributed by atoms with Crippen molar-refractivity contribution in [2.45, 2.75) is 37.8 Å². The van der Waals surface area contributed by atoms with Gasteiger partial charge in [0.2, 0.25) is 0 Å². The Hall–Kier alpha value is 0.270. The van der Waals surface area contributed by atoms with Crippen LogP contribution in [0, 0.1) is 5.92 Å². The molecule has 2 rings (SSSR count).